The van der Waals surface area contributed by atoms with Crippen LogP contribution in [0.25, 0.3) is 0 Å². The van der Waals surface area contributed by atoms with Gasteiger partial charge < -0.3 is 0 Å². The van der Waals surface area contributed by atoms with Crippen LogP contribution in [0, 0.1) is 0 Å². The molecule has 0 fully saturated rings. The normalized spacial score (nSPS) is 8.67. The summed E-state index contributed by atoms with van der Waals surface area (Å²) in [4.78, 5) is 10.0. The van der Waals surface area contributed by atoms with Crippen LogP contribution in [-0.4, -0.2) is 6.29 Å². The van der Waals surface area contributed by atoms with Crippen molar-refractivity contribution < 1.29 is 16.2 Å². The van der Waals surface area contributed by atoms with E-state index in [1.807, 2.05) is 18.2 Å². The Labute approximate surface area is 88.2 Å². The van der Waals surface area contributed by atoms with E-state index in [9.17, 15) is 4.79 Å². The van der Waals surface area contributed by atoms with Gasteiger partial charge >= 0.3 is 41.5 Å². The van der Waals surface area contributed by atoms with Gasteiger partial charge in [-0.1, -0.05) is 30.3 Å². The first-order valence-electron chi connectivity index (χ1n) is 2.90. The van der Waals surface area contributed by atoms with Crippen LogP contribution in [0.4, 0.5) is 0 Å². The summed E-state index contributed by atoms with van der Waals surface area (Å²) in [7, 11) is 14.8. The van der Waals surface area contributed by atoms with Crippen molar-refractivity contribution in [2.45, 2.75) is 0 Å². The summed E-state index contributed by atoms with van der Waals surface area (Å²) < 4.78 is 0. The molecule has 0 bridgehead atoms. The third-order valence-corrected chi connectivity index (χ3v) is 0.936. The molecule has 0 saturated carbocycles. The molecule has 12 heavy (non-hydrogen) atoms. The Kier molecular flexibility index (Phi) is 8.11. The van der Waals surface area contributed by atoms with Crippen LogP contribution < -0.4 is 0 Å². The van der Waals surface area contributed by atoms with Crippen LogP contribution in [0.3, 0.4) is 0 Å². The first-order chi connectivity index (χ1) is 5.66. The summed E-state index contributed by atoms with van der Waals surface area (Å²) in [6.07, 6.45) is 0.833. The van der Waals surface area contributed by atoms with Crippen molar-refractivity contribution in [1.82, 2.24) is 0 Å². The van der Waals surface area contributed by atoms with E-state index < -0.39 is 11.4 Å². The van der Waals surface area contributed by atoms with Crippen molar-refractivity contribution in [3.05, 3.63) is 35.9 Å². The molecular formula is C7H6Cl3CrO. The van der Waals surface area contributed by atoms with Crippen LogP contribution in [0.2, 0.25) is 0 Å². The number of aldehydes is 1. The maximum atomic E-state index is 10.0. The van der Waals surface area contributed by atoms with E-state index in [1.165, 1.54) is 0 Å². The number of carbonyl (C=O) groups is 1. The maximum absolute atomic E-state index is 10.0. The van der Waals surface area contributed by atoms with Gasteiger partial charge in [0.2, 0.25) is 0 Å². The van der Waals surface area contributed by atoms with Crippen LogP contribution in [0.5, 0.6) is 0 Å². The average Bonchev–Trinajstić information content (AvgIpc) is 2.05. The molecule has 0 aliphatic heterocycles. The number of carbonyl (C=O) groups excluding carboxylic acids is 1. The summed E-state index contributed by atoms with van der Waals surface area (Å²) in [5.41, 5.74) is 0.729. The molecule has 0 N–H and O–H groups in total. The van der Waals surface area contributed by atoms with Gasteiger partial charge in [0.1, 0.15) is 6.29 Å². The number of hydrogen-bond donors (Lipinski definition) is 0. The second-order valence-corrected chi connectivity index (χ2v) is 8.02. The molecule has 0 amide bonds. The van der Waals surface area contributed by atoms with Gasteiger partial charge in [-0.15, -0.1) is 0 Å². The van der Waals surface area contributed by atoms with Crippen molar-refractivity contribution in [1.29, 1.82) is 0 Å². The third kappa shape index (κ3) is 8.39. The standard InChI is InChI=1S/C7H6O.3ClH.Cr/c8-6-7-4-2-1-3-5-7;;;;/h1-6H;3*1H;/q;;;;+3/p-3. The monoisotopic (exact) mass is 263 g/mol. The molecule has 1 rings (SSSR count). The van der Waals surface area contributed by atoms with Crippen molar-refractivity contribution in [2.24, 2.45) is 0 Å². The second-order valence-electron chi connectivity index (χ2n) is 1.70. The number of rotatable bonds is 1. The van der Waals surface area contributed by atoms with Gasteiger partial charge in [0.25, 0.3) is 0 Å². The average molecular weight is 264 g/mol. The molecule has 0 aliphatic rings. The van der Waals surface area contributed by atoms with Crippen molar-refractivity contribution in [3.8, 4) is 0 Å². The molecule has 0 aromatic heterocycles. The summed E-state index contributed by atoms with van der Waals surface area (Å²) in [6.45, 7) is 0. The summed E-state index contributed by atoms with van der Waals surface area (Å²) in [5, 5.41) is 0. The van der Waals surface area contributed by atoms with E-state index in [0.717, 1.165) is 11.8 Å². The predicted molar refractivity (Wildman–Crippen MR) is 49.4 cm³/mol. The van der Waals surface area contributed by atoms with E-state index in [2.05, 4.69) is 0 Å². The van der Waals surface area contributed by atoms with Crippen molar-refractivity contribution >= 4 is 36.4 Å². The second kappa shape index (κ2) is 7.92. The fourth-order valence-corrected chi connectivity index (χ4v) is 0.532. The van der Waals surface area contributed by atoms with Gasteiger partial charge in [0.15, 0.2) is 0 Å². The Hall–Kier alpha value is 0.292. The van der Waals surface area contributed by atoms with Gasteiger partial charge in [0.05, 0.1) is 0 Å². The minimum absolute atomic E-state index is 0.729. The summed E-state index contributed by atoms with van der Waals surface area (Å²) in [6, 6.07) is 9.10. The zero-order valence-corrected chi connectivity index (χ0v) is 9.46. The Balaban J connectivity index is 0.000000261. The Morgan fingerprint density at radius 2 is 1.50 bits per heavy atom. The van der Waals surface area contributed by atoms with E-state index in [-0.39, 0.29) is 0 Å². The molecule has 1 aromatic carbocycles. The van der Waals surface area contributed by atoms with Crippen LogP contribution in [0.15, 0.2) is 30.3 Å². The molecule has 0 saturated heterocycles. The Morgan fingerprint density at radius 3 is 1.75 bits per heavy atom. The molecule has 0 spiro atoms. The van der Waals surface area contributed by atoms with Crippen LogP contribution >= 0.6 is 30.1 Å². The van der Waals surface area contributed by atoms with E-state index in [1.54, 1.807) is 12.1 Å². The minimum atomic E-state index is -1.62. The molecule has 0 unspecified atom stereocenters. The third-order valence-electron chi connectivity index (χ3n) is 0.936. The fraction of sp³-hybridized carbons (Fsp3) is 0. The summed E-state index contributed by atoms with van der Waals surface area (Å²) >= 11 is -1.62. The van der Waals surface area contributed by atoms with Gasteiger partial charge in [-0.05, 0) is 0 Å². The van der Waals surface area contributed by atoms with E-state index in [0.29, 0.717) is 0 Å². The van der Waals surface area contributed by atoms with Crippen LogP contribution in [-0.2, 0) is 11.4 Å². The molecule has 1 aromatic rings. The number of halogens is 3. The molecular weight excluding hydrogens is 258 g/mol. The predicted octanol–water partition coefficient (Wildman–Crippen LogP) is 3.57. The molecule has 5 heteroatoms. The van der Waals surface area contributed by atoms with Crippen molar-refractivity contribution in [3.63, 3.8) is 0 Å². The Morgan fingerprint density at radius 1 is 1.08 bits per heavy atom. The molecule has 0 atom stereocenters. The van der Waals surface area contributed by atoms with Crippen molar-refractivity contribution in [2.75, 3.05) is 0 Å². The molecule has 0 heterocycles. The molecule has 0 aliphatic carbocycles. The zero-order chi connectivity index (χ0) is 9.40. The SMILES string of the molecule is O=Cc1ccccc1.[Cl][Cr]([Cl])[Cl]. The molecule has 0 radical (unpaired) electrons. The van der Waals surface area contributed by atoms with Gasteiger partial charge in [-0.2, -0.15) is 0 Å². The van der Waals surface area contributed by atoms with Gasteiger partial charge in [0, 0.05) is 5.56 Å². The Bertz CT molecular complexity index is 212. The topological polar surface area (TPSA) is 17.1 Å². The number of hydrogen-bond acceptors (Lipinski definition) is 1. The van der Waals surface area contributed by atoms with Crippen LogP contribution in [0.1, 0.15) is 10.4 Å². The van der Waals surface area contributed by atoms with Gasteiger partial charge in [-0.25, -0.2) is 0 Å². The fourth-order valence-electron chi connectivity index (χ4n) is 0.532. The molecule has 1 nitrogen and oxygen atoms in total. The van der Waals surface area contributed by atoms with E-state index in [4.69, 9.17) is 30.1 Å². The number of benzene rings is 1. The quantitative estimate of drug-likeness (QED) is 0.709. The van der Waals surface area contributed by atoms with Gasteiger partial charge in [-0.3, -0.25) is 4.79 Å². The zero-order valence-electron chi connectivity index (χ0n) is 5.91. The van der Waals surface area contributed by atoms with E-state index >= 15 is 0 Å². The first kappa shape index (κ1) is 12.3. The first-order valence-corrected chi connectivity index (χ1v) is 8.16. The summed E-state index contributed by atoms with van der Waals surface area (Å²) in [5.74, 6) is 0. The molecule has 67 valence electrons.